The number of nitrogens with one attached hydrogen (secondary N) is 1. The molecule has 1 aromatic heterocycles. The van der Waals surface area contributed by atoms with Crippen LogP contribution in [0, 0.1) is 0 Å². The van der Waals surface area contributed by atoms with Crippen molar-refractivity contribution in [2.75, 3.05) is 39.8 Å². The molecule has 0 aromatic carbocycles. The number of carbonyl (C=O) groups is 2. The Balaban J connectivity index is 1.82. The zero-order valence-corrected chi connectivity index (χ0v) is 15.4. The maximum Gasteiger partial charge on any atom is 0.287 e. The van der Waals surface area contributed by atoms with Gasteiger partial charge in [-0.2, -0.15) is 0 Å². The molecule has 7 heteroatoms. The standard InChI is InChI=1S/C18H29N5O2/c1-3-4-8-19-17(24)16-20-15(14-7-5-6-9-23(14)16)18(25)22-12-10-21(2)11-13-22/h3-13H2,1-2H3,(H,19,24). The number of carbonyl (C=O) groups excluding carboxylic acids is 2. The van der Waals surface area contributed by atoms with E-state index in [0.29, 0.717) is 18.1 Å². The third-order valence-corrected chi connectivity index (χ3v) is 5.13. The number of unbranched alkanes of at least 4 members (excludes halogenated alkanes) is 1. The molecule has 0 aliphatic carbocycles. The molecule has 138 valence electrons. The third-order valence-electron chi connectivity index (χ3n) is 5.13. The van der Waals surface area contributed by atoms with E-state index in [4.69, 9.17) is 0 Å². The molecule has 1 aromatic rings. The Labute approximate surface area is 149 Å². The first kappa shape index (κ1) is 17.9. The smallest absolute Gasteiger partial charge is 0.287 e. The van der Waals surface area contributed by atoms with E-state index in [1.54, 1.807) is 0 Å². The Morgan fingerprint density at radius 2 is 1.88 bits per heavy atom. The highest BCUT2D eigenvalue weighted by Gasteiger charge is 2.30. The van der Waals surface area contributed by atoms with Crippen LogP contribution in [0.1, 0.15) is 59.4 Å². The lowest BCUT2D eigenvalue weighted by Crippen LogP contribution is -2.47. The Bertz CT molecular complexity index is 632. The number of aromatic nitrogens is 2. The van der Waals surface area contributed by atoms with Gasteiger partial charge in [0.25, 0.3) is 11.8 Å². The van der Waals surface area contributed by atoms with Gasteiger partial charge in [0.1, 0.15) is 5.69 Å². The molecule has 2 amide bonds. The van der Waals surface area contributed by atoms with Gasteiger partial charge in [0.15, 0.2) is 5.82 Å². The summed E-state index contributed by atoms with van der Waals surface area (Å²) < 4.78 is 1.97. The lowest BCUT2D eigenvalue weighted by molar-refractivity contribution is 0.0657. The minimum absolute atomic E-state index is 0.0219. The van der Waals surface area contributed by atoms with Crippen molar-refractivity contribution >= 4 is 11.8 Å². The van der Waals surface area contributed by atoms with Crippen LogP contribution in [0.3, 0.4) is 0 Å². The summed E-state index contributed by atoms with van der Waals surface area (Å²) in [7, 11) is 2.07. The van der Waals surface area contributed by atoms with Crippen molar-refractivity contribution < 1.29 is 9.59 Å². The van der Waals surface area contributed by atoms with Crippen molar-refractivity contribution in [1.29, 1.82) is 0 Å². The zero-order valence-electron chi connectivity index (χ0n) is 15.4. The molecular weight excluding hydrogens is 318 g/mol. The van der Waals surface area contributed by atoms with Crippen LogP contribution in [0.15, 0.2) is 0 Å². The normalized spacial score (nSPS) is 18.1. The number of hydrogen-bond donors (Lipinski definition) is 1. The van der Waals surface area contributed by atoms with Gasteiger partial charge in [-0.1, -0.05) is 13.3 Å². The number of nitrogens with zero attached hydrogens (tertiary/aromatic N) is 4. The van der Waals surface area contributed by atoms with E-state index in [-0.39, 0.29) is 11.8 Å². The van der Waals surface area contributed by atoms with Gasteiger partial charge in [-0.25, -0.2) is 4.98 Å². The molecule has 3 rings (SSSR count). The van der Waals surface area contributed by atoms with Gasteiger partial charge in [-0.3, -0.25) is 9.59 Å². The van der Waals surface area contributed by atoms with E-state index in [0.717, 1.165) is 70.5 Å². The van der Waals surface area contributed by atoms with Gasteiger partial charge in [0.05, 0.1) is 5.69 Å². The number of fused-ring (bicyclic) bond motifs is 1. The van der Waals surface area contributed by atoms with Gasteiger partial charge in [-0.05, 0) is 32.7 Å². The predicted molar refractivity (Wildman–Crippen MR) is 95.8 cm³/mol. The maximum atomic E-state index is 13.0. The van der Waals surface area contributed by atoms with Gasteiger partial charge in [-0.15, -0.1) is 0 Å². The molecular formula is C18H29N5O2. The highest BCUT2D eigenvalue weighted by Crippen LogP contribution is 2.22. The first-order valence-corrected chi connectivity index (χ1v) is 9.47. The number of rotatable bonds is 5. The molecule has 0 unspecified atom stereocenters. The quantitative estimate of drug-likeness (QED) is 0.811. The van der Waals surface area contributed by atoms with E-state index >= 15 is 0 Å². The second kappa shape index (κ2) is 7.99. The highest BCUT2D eigenvalue weighted by molar-refractivity contribution is 5.97. The summed E-state index contributed by atoms with van der Waals surface area (Å²) in [6.45, 7) is 6.72. The van der Waals surface area contributed by atoms with E-state index in [1.165, 1.54) is 0 Å². The van der Waals surface area contributed by atoms with Gasteiger partial charge >= 0.3 is 0 Å². The van der Waals surface area contributed by atoms with Gasteiger partial charge in [0.2, 0.25) is 0 Å². The Morgan fingerprint density at radius 1 is 1.12 bits per heavy atom. The topological polar surface area (TPSA) is 70.5 Å². The summed E-state index contributed by atoms with van der Waals surface area (Å²) in [5, 5.41) is 2.93. The molecule has 1 saturated heterocycles. The van der Waals surface area contributed by atoms with E-state index in [2.05, 4.69) is 29.2 Å². The lowest BCUT2D eigenvalue weighted by Gasteiger charge is -2.32. The molecule has 2 aliphatic heterocycles. The van der Waals surface area contributed by atoms with Crippen LogP contribution < -0.4 is 5.32 Å². The van der Waals surface area contributed by atoms with Crippen LogP contribution in [0.25, 0.3) is 0 Å². The molecule has 3 heterocycles. The average Bonchev–Trinajstić information content (AvgIpc) is 3.02. The predicted octanol–water partition coefficient (Wildman–Crippen LogP) is 1.14. The molecule has 2 aliphatic rings. The summed E-state index contributed by atoms with van der Waals surface area (Å²) in [5.41, 5.74) is 1.43. The van der Waals surface area contributed by atoms with Crippen LogP contribution in [0.5, 0.6) is 0 Å². The van der Waals surface area contributed by atoms with Crippen LogP contribution in [0.4, 0.5) is 0 Å². The lowest BCUT2D eigenvalue weighted by atomic mass is 10.1. The molecule has 25 heavy (non-hydrogen) atoms. The van der Waals surface area contributed by atoms with Crippen molar-refractivity contribution in [3.63, 3.8) is 0 Å². The number of piperazine rings is 1. The minimum atomic E-state index is -0.158. The molecule has 0 radical (unpaired) electrons. The van der Waals surface area contributed by atoms with Gasteiger partial charge in [0, 0.05) is 39.3 Å². The van der Waals surface area contributed by atoms with Crippen LogP contribution >= 0.6 is 0 Å². The van der Waals surface area contributed by atoms with Crippen molar-refractivity contribution in [2.45, 2.75) is 45.6 Å². The summed E-state index contributed by atoms with van der Waals surface area (Å²) in [4.78, 5) is 34.1. The fraction of sp³-hybridized carbons (Fsp3) is 0.722. The molecule has 0 bridgehead atoms. The largest absolute Gasteiger partial charge is 0.349 e. The molecule has 1 fully saturated rings. The van der Waals surface area contributed by atoms with E-state index in [9.17, 15) is 9.59 Å². The fourth-order valence-electron chi connectivity index (χ4n) is 3.50. The number of amides is 2. The molecule has 0 atom stereocenters. The molecule has 0 spiro atoms. The number of likely N-dealkylation sites (N-methyl/N-ethyl adjacent to an activating group) is 1. The van der Waals surface area contributed by atoms with Crippen molar-refractivity contribution in [1.82, 2.24) is 24.7 Å². The SMILES string of the molecule is CCCCNC(=O)c1nc(C(=O)N2CCN(C)CC2)c2n1CCCC2. The van der Waals surface area contributed by atoms with Crippen LogP contribution in [-0.4, -0.2) is 70.9 Å². The second-order valence-corrected chi connectivity index (χ2v) is 7.04. The van der Waals surface area contributed by atoms with E-state index in [1.807, 2.05) is 9.47 Å². The second-order valence-electron chi connectivity index (χ2n) is 7.04. The third kappa shape index (κ3) is 3.86. The Hall–Kier alpha value is -1.89. The van der Waals surface area contributed by atoms with Crippen molar-refractivity contribution in [2.24, 2.45) is 0 Å². The van der Waals surface area contributed by atoms with E-state index < -0.39 is 0 Å². The van der Waals surface area contributed by atoms with Crippen LogP contribution in [0.2, 0.25) is 0 Å². The van der Waals surface area contributed by atoms with Gasteiger partial charge < -0.3 is 19.7 Å². The summed E-state index contributed by atoms with van der Waals surface area (Å²) in [6.07, 6.45) is 4.88. The molecule has 0 saturated carbocycles. The maximum absolute atomic E-state index is 13.0. The summed E-state index contributed by atoms with van der Waals surface area (Å²) >= 11 is 0. The first-order chi connectivity index (χ1) is 12.1. The van der Waals surface area contributed by atoms with Crippen LogP contribution in [-0.2, 0) is 13.0 Å². The Kier molecular flexibility index (Phi) is 5.73. The molecule has 7 nitrogen and oxygen atoms in total. The van der Waals surface area contributed by atoms with Crippen molar-refractivity contribution in [3.8, 4) is 0 Å². The van der Waals surface area contributed by atoms with Crippen molar-refractivity contribution in [3.05, 3.63) is 17.2 Å². The summed E-state index contributed by atoms with van der Waals surface area (Å²) in [5.74, 6) is 0.226. The fourth-order valence-corrected chi connectivity index (χ4v) is 3.50. The number of hydrogen-bond acceptors (Lipinski definition) is 4. The zero-order chi connectivity index (χ0) is 17.8. The number of imidazole rings is 1. The minimum Gasteiger partial charge on any atom is -0.349 e. The average molecular weight is 347 g/mol. The first-order valence-electron chi connectivity index (χ1n) is 9.47. The Morgan fingerprint density at radius 3 is 2.60 bits per heavy atom. The molecule has 1 N–H and O–H groups in total. The highest BCUT2D eigenvalue weighted by atomic mass is 16.2. The monoisotopic (exact) mass is 347 g/mol. The summed E-state index contributed by atoms with van der Waals surface area (Å²) in [6, 6.07) is 0.